The van der Waals surface area contributed by atoms with E-state index in [1.54, 1.807) is 0 Å². The summed E-state index contributed by atoms with van der Waals surface area (Å²) in [6.45, 7) is 0. The Bertz CT molecular complexity index is 435. The van der Waals surface area contributed by atoms with Gasteiger partial charge in [0.25, 0.3) is 0 Å². The number of ether oxygens (including phenoxy) is 1. The molecule has 1 saturated heterocycles. The lowest BCUT2D eigenvalue weighted by atomic mass is 9.54. The van der Waals surface area contributed by atoms with Gasteiger partial charge in [-0.05, 0) is 68.6 Å². The number of carboxylic acid groups (broad SMARTS) is 1. The van der Waals surface area contributed by atoms with Gasteiger partial charge in [-0.25, -0.2) is 4.79 Å². The van der Waals surface area contributed by atoms with Gasteiger partial charge in [0, 0.05) is 6.04 Å². The minimum Gasteiger partial charge on any atom is -0.479 e. The van der Waals surface area contributed by atoms with E-state index in [-0.39, 0.29) is 5.91 Å². The van der Waals surface area contributed by atoms with Crippen molar-refractivity contribution in [2.75, 3.05) is 0 Å². The topological polar surface area (TPSA) is 75.6 Å². The van der Waals surface area contributed by atoms with E-state index < -0.39 is 18.2 Å². The van der Waals surface area contributed by atoms with E-state index in [1.165, 1.54) is 32.1 Å². The molecule has 0 unspecified atom stereocenters. The average molecular weight is 293 g/mol. The fourth-order valence-electron chi connectivity index (χ4n) is 5.43. The third-order valence-corrected chi connectivity index (χ3v) is 6.12. The van der Waals surface area contributed by atoms with Crippen LogP contribution in [0.25, 0.3) is 0 Å². The van der Waals surface area contributed by atoms with Gasteiger partial charge in [-0.2, -0.15) is 0 Å². The van der Waals surface area contributed by atoms with Gasteiger partial charge >= 0.3 is 5.97 Å². The maximum atomic E-state index is 12.4. The van der Waals surface area contributed by atoms with Crippen molar-refractivity contribution in [2.24, 2.45) is 23.7 Å². The van der Waals surface area contributed by atoms with Gasteiger partial charge in [-0.1, -0.05) is 0 Å². The van der Waals surface area contributed by atoms with Gasteiger partial charge in [-0.3, -0.25) is 4.79 Å². The molecule has 5 aliphatic rings. The van der Waals surface area contributed by atoms with E-state index in [0.717, 1.165) is 11.8 Å². The molecule has 5 heteroatoms. The molecule has 1 amide bonds. The maximum Gasteiger partial charge on any atom is 0.332 e. The highest BCUT2D eigenvalue weighted by molar-refractivity contribution is 5.83. The number of nitrogens with one attached hydrogen (secondary N) is 1. The predicted octanol–water partition coefficient (Wildman–Crippen LogP) is 1.56. The maximum absolute atomic E-state index is 12.4. The van der Waals surface area contributed by atoms with Crippen LogP contribution in [0.15, 0.2) is 0 Å². The Morgan fingerprint density at radius 3 is 2.00 bits per heavy atom. The van der Waals surface area contributed by atoms with E-state index in [2.05, 4.69) is 5.32 Å². The zero-order valence-electron chi connectivity index (χ0n) is 12.2. The van der Waals surface area contributed by atoms with Crippen LogP contribution < -0.4 is 5.32 Å². The highest BCUT2D eigenvalue weighted by Gasteiger charge is 2.49. The van der Waals surface area contributed by atoms with Crippen LogP contribution in [-0.4, -0.2) is 35.2 Å². The van der Waals surface area contributed by atoms with Crippen LogP contribution in [0.3, 0.4) is 0 Å². The van der Waals surface area contributed by atoms with E-state index in [9.17, 15) is 9.59 Å². The van der Waals surface area contributed by atoms with Gasteiger partial charge in [0.2, 0.25) is 5.91 Å². The predicted molar refractivity (Wildman–Crippen MR) is 74.5 cm³/mol. The Balaban J connectivity index is 1.38. The van der Waals surface area contributed by atoms with Crippen LogP contribution in [0.4, 0.5) is 0 Å². The molecule has 0 radical (unpaired) electrons. The van der Waals surface area contributed by atoms with Crippen LogP contribution in [0.1, 0.15) is 44.9 Å². The van der Waals surface area contributed by atoms with Crippen molar-refractivity contribution in [3.8, 4) is 0 Å². The molecule has 116 valence electrons. The first-order chi connectivity index (χ1) is 10.1. The van der Waals surface area contributed by atoms with Crippen LogP contribution in [0, 0.1) is 23.7 Å². The molecule has 1 heterocycles. The van der Waals surface area contributed by atoms with Crippen LogP contribution in [0.2, 0.25) is 0 Å². The molecule has 0 aromatic rings. The molecule has 0 spiro atoms. The number of carbonyl (C=O) groups is 2. The molecule has 5 nitrogen and oxygen atoms in total. The molecule has 4 bridgehead atoms. The molecule has 0 aromatic heterocycles. The lowest BCUT2D eigenvalue weighted by molar-refractivity contribution is -0.152. The highest BCUT2D eigenvalue weighted by atomic mass is 16.5. The van der Waals surface area contributed by atoms with Gasteiger partial charge in [-0.15, -0.1) is 0 Å². The monoisotopic (exact) mass is 293 g/mol. The molecular formula is C16H23NO4. The van der Waals surface area contributed by atoms with Crippen molar-refractivity contribution < 1.29 is 19.4 Å². The Morgan fingerprint density at radius 1 is 0.905 bits per heavy atom. The summed E-state index contributed by atoms with van der Waals surface area (Å²) in [5.74, 6) is 2.01. The molecule has 4 aliphatic carbocycles. The van der Waals surface area contributed by atoms with E-state index >= 15 is 0 Å². The van der Waals surface area contributed by atoms with Crippen LogP contribution in [0.5, 0.6) is 0 Å². The Labute approximate surface area is 124 Å². The second-order valence-corrected chi connectivity index (χ2v) is 7.49. The zero-order chi connectivity index (χ0) is 14.6. The first-order valence-corrected chi connectivity index (χ1v) is 8.28. The Morgan fingerprint density at radius 2 is 1.48 bits per heavy atom. The highest BCUT2D eigenvalue weighted by Crippen LogP contribution is 2.53. The minimum atomic E-state index is -0.958. The molecule has 0 aromatic carbocycles. The van der Waals surface area contributed by atoms with E-state index in [1.807, 2.05) is 0 Å². The van der Waals surface area contributed by atoms with Crippen LogP contribution >= 0.6 is 0 Å². The van der Waals surface area contributed by atoms with Crippen molar-refractivity contribution in [1.29, 1.82) is 0 Å². The summed E-state index contributed by atoms with van der Waals surface area (Å²) in [6.07, 6.45) is 6.05. The first kappa shape index (κ1) is 13.6. The van der Waals surface area contributed by atoms with Crippen molar-refractivity contribution in [3.63, 3.8) is 0 Å². The third-order valence-electron chi connectivity index (χ3n) is 6.12. The van der Waals surface area contributed by atoms with E-state index in [0.29, 0.717) is 30.7 Å². The van der Waals surface area contributed by atoms with Crippen molar-refractivity contribution >= 4 is 11.9 Å². The summed E-state index contributed by atoms with van der Waals surface area (Å²) in [4.78, 5) is 23.3. The van der Waals surface area contributed by atoms with Crippen molar-refractivity contribution in [3.05, 3.63) is 0 Å². The van der Waals surface area contributed by atoms with Crippen LogP contribution in [-0.2, 0) is 14.3 Å². The number of amides is 1. The van der Waals surface area contributed by atoms with E-state index in [4.69, 9.17) is 9.84 Å². The van der Waals surface area contributed by atoms with Gasteiger partial charge in [0.15, 0.2) is 6.10 Å². The summed E-state index contributed by atoms with van der Waals surface area (Å²) < 4.78 is 5.37. The number of hydrogen-bond donors (Lipinski definition) is 2. The number of hydrogen-bond acceptors (Lipinski definition) is 3. The first-order valence-electron chi connectivity index (χ1n) is 8.28. The lowest BCUT2D eigenvalue weighted by Crippen LogP contribution is -2.57. The molecule has 2 atom stereocenters. The Kier molecular flexibility index (Phi) is 3.21. The number of aliphatic carboxylic acids is 1. The van der Waals surface area contributed by atoms with Crippen molar-refractivity contribution in [2.45, 2.75) is 63.2 Å². The number of rotatable bonds is 3. The smallest absolute Gasteiger partial charge is 0.332 e. The lowest BCUT2D eigenvalue weighted by Gasteiger charge is -2.54. The number of carboxylic acids is 1. The third kappa shape index (κ3) is 2.35. The molecule has 21 heavy (non-hydrogen) atoms. The molecule has 4 saturated carbocycles. The quantitative estimate of drug-likeness (QED) is 0.828. The summed E-state index contributed by atoms with van der Waals surface area (Å²) in [5.41, 5.74) is 0. The molecular weight excluding hydrogens is 270 g/mol. The summed E-state index contributed by atoms with van der Waals surface area (Å²) in [5, 5.41) is 12.1. The molecule has 1 aliphatic heterocycles. The Hall–Kier alpha value is -1.10. The molecule has 5 fully saturated rings. The second-order valence-electron chi connectivity index (χ2n) is 7.49. The van der Waals surface area contributed by atoms with Gasteiger partial charge in [0.05, 0.1) is 0 Å². The minimum absolute atomic E-state index is 0.0868. The fourth-order valence-corrected chi connectivity index (χ4v) is 5.43. The summed E-state index contributed by atoms with van der Waals surface area (Å²) in [7, 11) is 0. The summed E-state index contributed by atoms with van der Waals surface area (Å²) >= 11 is 0. The fraction of sp³-hybridized carbons (Fsp3) is 0.875. The van der Waals surface area contributed by atoms with Gasteiger partial charge < -0.3 is 15.2 Å². The zero-order valence-corrected chi connectivity index (χ0v) is 12.2. The summed E-state index contributed by atoms with van der Waals surface area (Å²) in [6, 6.07) is 0.303. The standard InChI is InChI=1S/C16H23NO4/c18-15(12-1-2-13(21-12)16(19)20)17-14-10-4-8-3-9(6-10)7-11(14)5-8/h8-14H,1-7H2,(H,17,18)(H,19,20)/t8?,9?,10?,11?,12-,13+,14?/m0/s1. The SMILES string of the molecule is O=C(NC1C2CC3CC(C2)CC1C3)[C@@H]1CC[C@H](C(=O)O)O1. The van der Waals surface area contributed by atoms with Gasteiger partial charge in [0.1, 0.15) is 6.10 Å². The largest absolute Gasteiger partial charge is 0.479 e. The molecule has 2 N–H and O–H groups in total. The number of carbonyl (C=O) groups excluding carboxylic acids is 1. The van der Waals surface area contributed by atoms with Crippen molar-refractivity contribution in [1.82, 2.24) is 5.32 Å². The molecule has 5 rings (SSSR count). The second kappa shape index (κ2) is 4.97. The average Bonchev–Trinajstić information content (AvgIpc) is 2.92. The normalized spacial score (nSPS) is 47.5.